The van der Waals surface area contributed by atoms with E-state index in [1.807, 2.05) is 24.3 Å². The van der Waals surface area contributed by atoms with Gasteiger partial charge in [-0.25, -0.2) is 13.4 Å². The monoisotopic (exact) mass is 301 g/mol. The molecule has 0 N–H and O–H groups in total. The van der Waals surface area contributed by atoms with Crippen LogP contribution in [0, 0.1) is 0 Å². The van der Waals surface area contributed by atoms with Crippen molar-refractivity contribution in [3.63, 3.8) is 0 Å². The van der Waals surface area contributed by atoms with Crippen LogP contribution in [0.1, 0.15) is 6.92 Å². The lowest BCUT2D eigenvalue weighted by molar-refractivity contribution is 0.598. The van der Waals surface area contributed by atoms with Gasteiger partial charge < -0.3 is 0 Å². The van der Waals surface area contributed by atoms with E-state index in [2.05, 4.69) is 4.98 Å². The summed E-state index contributed by atoms with van der Waals surface area (Å²) in [6.45, 7) is 1.81. The minimum absolute atomic E-state index is 0.0502. The van der Waals surface area contributed by atoms with Crippen LogP contribution < -0.4 is 0 Å². The molecule has 0 aliphatic heterocycles. The van der Waals surface area contributed by atoms with E-state index in [0.29, 0.717) is 5.88 Å². The van der Waals surface area contributed by atoms with Gasteiger partial charge in [0, 0.05) is 5.88 Å². The third-order valence-electron chi connectivity index (χ3n) is 2.40. The fourth-order valence-electron chi connectivity index (χ4n) is 1.36. The first kappa shape index (κ1) is 13.5. The van der Waals surface area contributed by atoms with E-state index in [1.165, 1.54) is 11.3 Å². The Bertz CT molecular complexity index is 656. The maximum absolute atomic E-state index is 12.1. The highest BCUT2D eigenvalue weighted by molar-refractivity contribution is 7.93. The summed E-state index contributed by atoms with van der Waals surface area (Å²) < 4.78 is 25.2. The molecule has 1 aromatic heterocycles. The van der Waals surface area contributed by atoms with Crippen LogP contribution in [-0.4, -0.2) is 25.0 Å². The van der Waals surface area contributed by atoms with Gasteiger partial charge in [0.15, 0.2) is 0 Å². The van der Waals surface area contributed by atoms with Crippen molar-refractivity contribution in [2.24, 2.45) is 0 Å². The number of alkyl halides is 1. The lowest BCUT2D eigenvalue weighted by Crippen LogP contribution is -2.04. The number of fused-ring (bicyclic) bond motifs is 1. The first-order chi connectivity index (χ1) is 8.53. The van der Waals surface area contributed by atoms with E-state index >= 15 is 0 Å². The maximum atomic E-state index is 12.1. The minimum Gasteiger partial charge on any atom is -0.225 e. The van der Waals surface area contributed by atoms with E-state index in [1.54, 1.807) is 13.0 Å². The molecular weight excluding hydrogens is 290 g/mol. The number of aromatic nitrogens is 1. The molecule has 0 atom stereocenters. The van der Waals surface area contributed by atoms with Crippen molar-refractivity contribution in [1.82, 2.24) is 4.98 Å². The molecule has 6 heteroatoms. The maximum Gasteiger partial charge on any atom is 0.210 e. The molecule has 0 unspecified atom stereocenters. The largest absolute Gasteiger partial charge is 0.225 e. The average Bonchev–Trinajstić information content (AvgIpc) is 2.80. The van der Waals surface area contributed by atoms with Gasteiger partial charge >= 0.3 is 0 Å². The normalized spacial score (nSPS) is 13.1. The Hall–Kier alpha value is -0.910. The van der Waals surface area contributed by atoms with Gasteiger partial charge in [0.2, 0.25) is 14.2 Å². The second kappa shape index (κ2) is 5.38. The van der Waals surface area contributed by atoms with Crippen LogP contribution in [0.4, 0.5) is 0 Å². The standard InChI is InChI=1S/C12H12ClNO2S2/c1-9(8-13)6-7-18(15,16)12-14-10-4-2-3-5-11(10)17-12/h2-6H,7-8H2,1H3. The summed E-state index contributed by atoms with van der Waals surface area (Å²) in [6, 6.07) is 7.39. The number of para-hydroxylation sites is 1. The van der Waals surface area contributed by atoms with E-state index in [0.717, 1.165) is 15.8 Å². The molecule has 18 heavy (non-hydrogen) atoms. The van der Waals surface area contributed by atoms with Crippen LogP contribution in [0.3, 0.4) is 0 Å². The number of rotatable bonds is 4. The Labute approximate surface area is 115 Å². The number of halogens is 1. The number of sulfone groups is 1. The molecular formula is C12H12ClNO2S2. The lowest BCUT2D eigenvalue weighted by Gasteiger charge is -1.96. The van der Waals surface area contributed by atoms with Gasteiger partial charge in [0.05, 0.1) is 16.0 Å². The molecule has 96 valence electrons. The molecule has 0 spiro atoms. The van der Waals surface area contributed by atoms with Gasteiger partial charge in [-0.15, -0.1) is 22.9 Å². The van der Waals surface area contributed by atoms with Crippen LogP contribution in [0.15, 0.2) is 40.3 Å². The highest BCUT2D eigenvalue weighted by Crippen LogP contribution is 2.25. The molecule has 0 amide bonds. The number of benzene rings is 1. The fraction of sp³-hybridized carbons (Fsp3) is 0.250. The number of thiazole rings is 1. The highest BCUT2D eigenvalue weighted by Gasteiger charge is 2.18. The lowest BCUT2D eigenvalue weighted by atomic mass is 10.3. The predicted molar refractivity (Wildman–Crippen MR) is 76.1 cm³/mol. The Morgan fingerprint density at radius 2 is 2.17 bits per heavy atom. The molecule has 0 aliphatic carbocycles. The summed E-state index contributed by atoms with van der Waals surface area (Å²) in [4.78, 5) is 4.16. The zero-order valence-corrected chi connectivity index (χ0v) is 12.1. The average molecular weight is 302 g/mol. The molecule has 0 radical (unpaired) electrons. The van der Waals surface area contributed by atoms with Gasteiger partial charge in [0.25, 0.3) is 0 Å². The van der Waals surface area contributed by atoms with E-state index in [-0.39, 0.29) is 10.1 Å². The fourth-order valence-corrected chi connectivity index (χ4v) is 4.03. The summed E-state index contributed by atoms with van der Waals surface area (Å²) in [5.74, 6) is 0.292. The second-order valence-electron chi connectivity index (χ2n) is 3.91. The van der Waals surface area contributed by atoms with Gasteiger partial charge in [-0.2, -0.15) is 0 Å². The first-order valence-corrected chi connectivity index (χ1v) is 8.33. The molecule has 0 aliphatic rings. The number of allylic oxidation sites excluding steroid dienone is 1. The minimum atomic E-state index is -3.35. The van der Waals surface area contributed by atoms with Crippen LogP contribution in [0.5, 0.6) is 0 Å². The van der Waals surface area contributed by atoms with Crippen molar-refractivity contribution in [2.75, 3.05) is 11.6 Å². The summed E-state index contributed by atoms with van der Waals surface area (Å²) in [5, 5.41) is 0. The van der Waals surface area contributed by atoms with Gasteiger partial charge in [0.1, 0.15) is 0 Å². The third-order valence-corrected chi connectivity index (χ3v) is 5.90. The van der Waals surface area contributed by atoms with Crippen molar-refractivity contribution < 1.29 is 8.42 Å². The topological polar surface area (TPSA) is 47.0 Å². The Morgan fingerprint density at radius 3 is 2.83 bits per heavy atom. The molecule has 0 saturated heterocycles. The summed E-state index contributed by atoms with van der Waals surface area (Å²) in [6.07, 6.45) is 1.63. The molecule has 1 aromatic carbocycles. The quantitative estimate of drug-likeness (QED) is 0.643. The first-order valence-electron chi connectivity index (χ1n) is 5.33. The second-order valence-corrected chi connectivity index (χ2v) is 7.42. The number of hydrogen-bond acceptors (Lipinski definition) is 4. The van der Waals surface area contributed by atoms with Crippen LogP contribution in [-0.2, 0) is 9.84 Å². The van der Waals surface area contributed by atoms with E-state index in [9.17, 15) is 8.42 Å². The Morgan fingerprint density at radius 1 is 1.44 bits per heavy atom. The Balaban J connectivity index is 2.35. The molecule has 2 rings (SSSR count). The predicted octanol–water partition coefficient (Wildman–Crippen LogP) is 3.26. The van der Waals surface area contributed by atoms with Gasteiger partial charge in [-0.05, 0) is 19.1 Å². The Kier molecular flexibility index (Phi) is 4.04. The molecule has 1 heterocycles. The van der Waals surface area contributed by atoms with Crippen LogP contribution >= 0.6 is 22.9 Å². The van der Waals surface area contributed by atoms with E-state index < -0.39 is 9.84 Å². The van der Waals surface area contributed by atoms with Crippen LogP contribution in [0.2, 0.25) is 0 Å². The number of nitrogens with zero attached hydrogens (tertiary/aromatic N) is 1. The van der Waals surface area contributed by atoms with Crippen molar-refractivity contribution >= 4 is 43.0 Å². The third kappa shape index (κ3) is 2.91. The van der Waals surface area contributed by atoms with Crippen molar-refractivity contribution in [3.8, 4) is 0 Å². The highest BCUT2D eigenvalue weighted by atomic mass is 35.5. The molecule has 0 fully saturated rings. The van der Waals surface area contributed by atoms with Crippen molar-refractivity contribution in [2.45, 2.75) is 11.3 Å². The summed E-state index contributed by atoms with van der Waals surface area (Å²) in [5.41, 5.74) is 1.57. The van der Waals surface area contributed by atoms with Gasteiger partial charge in [-0.1, -0.05) is 23.8 Å². The summed E-state index contributed by atoms with van der Waals surface area (Å²) in [7, 11) is -3.35. The molecule has 3 nitrogen and oxygen atoms in total. The van der Waals surface area contributed by atoms with Crippen molar-refractivity contribution in [1.29, 1.82) is 0 Å². The van der Waals surface area contributed by atoms with Crippen molar-refractivity contribution in [3.05, 3.63) is 35.9 Å². The van der Waals surface area contributed by atoms with Gasteiger partial charge in [-0.3, -0.25) is 0 Å². The smallest absolute Gasteiger partial charge is 0.210 e. The zero-order chi connectivity index (χ0) is 13.2. The molecule has 2 aromatic rings. The van der Waals surface area contributed by atoms with E-state index in [4.69, 9.17) is 11.6 Å². The zero-order valence-electron chi connectivity index (χ0n) is 9.76. The number of hydrogen-bond donors (Lipinski definition) is 0. The van der Waals surface area contributed by atoms with Crippen LogP contribution in [0.25, 0.3) is 10.2 Å². The molecule has 0 bridgehead atoms. The molecule has 0 saturated carbocycles. The SMILES string of the molecule is CC(=CCS(=O)(=O)c1nc2ccccc2s1)CCl. The summed E-state index contributed by atoms with van der Waals surface area (Å²) >= 11 is 6.82.